The first kappa shape index (κ1) is 24.2. The number of para-hydroxylation sites is 1. The highest BCUT2D eigenvalue weighted by Gasteiger charge is 2.17. The number of nitrogens with zero attached hydrogens (tertiary/aromatic N) is 4. The van der Waals surface area contributed by atoms with Gasteiger partial charge in [-0.05, 0) is 47.1 Å². The lowest BCUT2D eigenvalue weighted by atomic mass is 10.1. The quantitative estimate of drug-likeness (QED) is 0.161. The number of phenolic OH excluding ortho intramolecular Hbond substituents is 1. The molecule has 0 radical (unpaired) electrons. The Labute approximate surface area is 217 Å². The van der Waals surface area contributed by atoms with Crippen molar-refractivity contribution in [3.05, 3.63) is 86.8 Å². The van der Waals surface area contributed by atoms with Crippen LogP contribution in [0.5, 0.6) is 5.75 Å². The molecule has 0 aliphatic carbocycles. The minimum Gasteiger partial charge on any atom is -0.506 e. The van der Waals surface area contributed by atoms with Gasteiger partial charge in [-0.2, -0.15) is 5.10 Å². The Morgan fingerprint density at radius 2 is 1.85 bits per heavy atom. The first-order valence-electron chi connectivity index (χ1n) is 10.1. The number of hydrazone groups is 1. The summed E-state index contributed by atoms with van der Waals surface area (Å²) in [6.45, 7) is 2.03. The molecule has 0 spiro atoms. The number of benzene rings is 3. The van der Waals surface area contributed by atoms with Crippen LogP contribution in [0.2, 0.25) is 0 Å². The number of halogens is 2. The summed E-state index contributed by atoms with van der Waals surface area (Å²) >= 11 is 7.89. The number of aromatic nitrogens is 3. The van der Waals surface area contributed by atoms with Crippen LogP contribution in [0, 0.1) is 6.92 Å². The second-order valence-electron chi connectivity index (χ2n) is 7.25. The SMILES string of the molecule is Cc1ccc(-c2nnc(SCC(=O)NN=Cc3cc(Br)cc(Br)c3O)n2-c2ccccc2)cc1. The van der Waals surface area contributed by atoms with Gasteiger partial charge in [0, 0.05) is 21.3 Å². The lowest BCUT2D eigenvalue weighted by Gasteiger charge is -2.10. The third-order valence-corrected chi connectivity index (χ3v) is 6.73. The van der Waals surface area contributed by atoms with Crippen LogP contribution < -0.4 is 5.43 Å². The van der Waals surface area contributed by atoms with Gasteiger partial charge in [0.15, 0.2) is 11.0 Å². The van der Waals surface area contributed by atoms with Gasteiger partial charge in [-0.25, -0.2) is 5.43 Å². The van der Waals surface area contributed by atoms with E-state index in [4.69, 9.17) is 0 Å². The number of carbonyl (C=O) groups is 1. The highest BCUT2D eigenvalue weighted by atomic mass is 79.9. The molecule has 2 N–H and O–H groups in total. The third-order valence-electron chi connectivity index (χ3n) is 4.74. The number of hydrogen-bond donors (Lipinski definition) is 2. The Bertz CT molecular complexity index is 1340. The van der Waals surface area contributed by atoms with E-state index >= 15 is 0 Å². The molecule has 0 unspecified atom stereocenters. The van der Waals surface area contributed by atoms with Gasteiger partial charge in [0.05, 0.1) is 16.4 Å². The Morgan fingerprint density at radius 1 is 1.12 bits per heavy atom. The van der Waals surface area contributed by atoms with Crippen molar-refractivity contribution in [2.45, 2.75) is 12.1 Å². The zero-order valence-electron chi connectivity index (χ0n) is 17.9. The predicted octanol–water partition coefficient (Wildman–Crippen LogP) is 5.72. The van der Waals surface area contributed by atoms with Gasteiger partial charge < -0.3 is 5.11 Å². The molecule has 1 amide bonds. The maximum absolute atomic E-state index is 12.4. The molecule has 10 heteroatoms. The van der Waals surface area contributed by atoms with E-state index < -0.39 is 0 Å². The van der Waals surface area contributed by atoms with Crippen LogP contribution in [0.1, 0.15) is 11.1 Å². The van der Waals surface area contributed by atoms with E-state index in [2.05, 4.69) is 52.6 Å². The number of thioether (sulfide) groups is 1. The molecule has 0 bridgehead atoms. The molecule has 1 heterocycles. The van der Waals surface area contributed by atoms with Crippen molar-refractivity contribution in [2.24, 2.45) is 5.10 Å². The molecule has 4 rings (SSSR count). The van der Waals surface area contributed by atoms with Crippen molar-refractivity contribution in [3.63, 3.8) is 0 Å². The number of aryl methyl sites for hydroxylation is 1. The van der Waals surface area contributed by atoms with Gasteiger partial charge in [-0.1, -0.05) is 75.7 Å². The molecule has 0 saturated carbocycles. The molecule has 7 nitrogen and oxygen atoms in total. The summed E-state index contributed by atoms with van der Waals surface area (Å²) in [7, 11) is 0. The first-order valence-corrected chi connectivity index (χ1v) is 12.7. The van der Waals surface area contributed by atoms with Crippen molar-refractivity contribution in [1.29, 1.82) is 0 Å². The van der Waals surface area contributed by atoms with E-state index in [-0.39, 0.29) is 17.4 Å². The van der Waals surface area contributed by atoms with E-state index in [0.717, 1.165) is 21.3 Å². The van der Waals surface area contributed by atoms with E-state index in [1.165, 1.54) is 18.0 Å². The van der Waals surface area contributed by atoms with E-state index in [1.54, 1.807) is 12.1 Å². The smallest absolute Gasteiger partial charge is 0.250 e. The van der Waals surface area contributed by atoms with Crippen LogP contribution in [0.4, 0.5) is 0 Å². The predicted molar refractivity (Wildman–Crippen MR) is 141 cm³/mol. The Balaban J connectivity index is 1.50. The Kier molecular flexibility index (Phi) is 7.81. The van der Waals surface area contributed by atoms with Crippen molar-refractivity contribution >= 4 is 55.7 Å². The standard InChI is InChI=1S/C24H19Br2N5O2S/c1-15-7-9-16(10-8-15)23-29-30-24(31(23)19-5-3-2-4-6-19)34-14-21(32)28-27-13-17-11-18(25)12-20(26)22(17)33/h2-13,33H,14H2,1H3,(H,28,32). The number of nitrogens with one attached hydrogen (secondary N) is 1. The Morgan fingerprint density at radius 3 is 2.59 bits per heavy atom. The molecule has 34 heavy (non-hydrogen) atoms. The zero-order valence-corrected chi connectivity index (χ0v) is 21.9. The number of hydrogen-bond acceptors (Lipinski definition) is 6. The van der Waals surface area contributed by atoms with Crippen LogP contribution in [-0.4, -0.2) is 37.7 Å². The monoisotopic (exact) mass is 599 g/mol. The summed E-state index contributed by atoms with van der Waals surface area (Å²) < 4.78 is 3.23. The van der Waals surface area contributed by atoms with E-state index in [0.29, 0.717) is 21.0 Å². The summed E-state index contributed by atoms with van der Waals surface area (Å²) in [5.41, 5.74) is 5.93. The molecule has 0 saturated heterocycles. The van der Waals surface area contributed by atoms with Crippen molar-refractivity contribution in [3.8, 4) is 22.8 Å². The molecule has 0 atom stereocenters. The molecule has 0 aliphatic rings. The number of carbonyl (C=O) groups excluding carboxylic acids is 1. The Hall–Kier alpha value is -2.95. The average Bonchev–Trinajstić information content (AvgIpc) is 3.25. The lowest BCUT2D eigenvalue weighted by Crippen LogP contribution is -2.20. The first-order chi connectivity index (χ1) is 16.4. The maximum atomic E-state index is 12.4. The van der Waals surface area contributed by atoms with Crippen LogP contribution in [-0.2, 0) is 4.79 Å². The largest absolute Gasteiger partial charge is 0.506 e. The maximum Gasteiger partial charge on any atom is 0.250 e. The zero-order chi connectivity index (χ0) is 24.1. The second-order valence-corrected chi connectivity index (χ2v) is 9.96. The molecule has 0 aliphatic heterocycles. The van der Waals surface area contributed by atoms with Gasteiger partial charge >= 0.3 is 0 Å². The summed E-state index contributed by atoms with van der Waals surface area (Å²) in [4.78, 5) is 12.4. The van der Waals surface area contributed by atoms with E-state index in [9.17, 15) is 9.90 Å². The number of aromatic hydroxyl groups is 1. The summed E-state index contributed by atoms with van der Waals surface area (Å²) in [6, 6.07) is 21.2. The van der Waals surface area contributed by atoms with Crippen LogP contribution in [0.25, 0.3) is 17.1 Å². The molecule has 172 valence electrons. The number of phenols is 1. The molecule has 0 fully saturated rings. The molecule has 3 aromatic carbocycles. The minimum absolute atomic E-state index is 0.0372. The fraction of sp³-hybridized carbons (Fsp3) is 0.0833. The van der Waals surface area contributed by atoms with Gasteiger partial charge in [0.2, 0.25) is 0 Å². The minimum atomic E-state index is -0.311. The van der Waals surface area contributed by atoms with E-state index in [1.807, 2.05) is 66.1 Å². The summed E-state index contributed by atoms with van der Waals surface area (Å²) in [5, 5.41) is 23.4. The highest BCUT2D eigenvalue weighted by Crippen LogP contribution is 2.31. The molecule has 4 aromatic rings. The normalized spacial score (nSPS) is 11.1. The fourth-order valence-corrected chi connectivity index (χ4v) is 5.09. The van der Waals surface area contributed by atoms with Crippen LogP contribution in [0.15, 0.2) is 85.9 Å². The van der Waals surface area contributed by atoms with Crippen molar-refractivity contribution < 1.29 is 9.90 Å². The average molecular weight is 601 g/mol. The van der Waals surface area contributed by atoms with Crippen LogP contribution in [0.3, 0.4) is 0 Å². The van der Waals surface area contributed by atoms with Gasteiger partial charge in [0.25, 0.3) is 5.91 Å². The molecule has 1 aromatic heterocycles. The summed E-state index contributed by atoms with van der Waals surface area (Å²) in [6.07, 6.45) is 1.38. The molecular formula is C24H19Br2N5O2S. The van der Waals surface area contributed by atoms with Crippen molar-refractivity contribution in [1.82, 2.24) is 20.2 Å². The van der Waals surface area contributed by atoms with Gasteiger partial charge in [-0.15, -0.1) is 10.2 Å². The topological polar surface area (TPSA) is 92.4 Å². The third kappa shape index (κ3) is 5.75. The van der Waals surface area contributed by atoms with Gasteiger partial charge in [-0.3, -0.25) is 9.36 Å². The number of amides is 1. The fourth-order valence-electron chi connectivity index (χ4n) is 3.08. The van der Waals surface area contributed by atoms with Crippen LogP contribution >= 0.6 is 43.6 Å². The lowest BCUT2D eigenvalue weighted by molar-refractivity contribution is -0.118. The van der Waals surface area contributed by atoms with Crippen molar-refractivity contribution in [2.75, 3.05) is 5.75 Å². The highest BCUT2D eigenvalue weighted by molar-refractivity contribution is 9.11. The van der Waals surface area contributed by atoms with Gasteiger partial charge in [0.1, 0.15) is 5.75 Å². The number of rotatable bonds is 7. The second kappa shape index (κ2) is 11.0. The molecular weight excluding hydrogens is 582 g/mol. The summed E-state index contributed by atoms with van der Waals surface area (Å²) in [5.74, 6) is 0.511.